The molecule has 122 valence electrons. The first-order chi connectivity index (χ1) is 9.97. The van der Waals surface area contributed by atoms with E-state index in [0.29, 0.717) is 13.2 Å². The quantitative estimate of drug-likeness (QED) is 0.557. The van der Waals surface area contributed by atoms with Crippen LogP contribution >= 0.6 is 0 Å². The first-order valence-electron chi connectivity index (χ1n) is 8.08. The molecule has 5 nitrogen and oxygen atoms in total. The zero-order valence-electron chi connectivity index (χ0n) is 13.5. The minimum Gasteiger partial charge on any atom is -0.463 e. The molecule has 0 amide bonds. The molecule has 2 rings (SSSR count). The van der Waals surface area contributed by atoms with Crippen molar-refractivity contribution < 1.29 is 23.7 Å². The van der Waals surface area contributed by atoms with E-state index in [0.717, 1.165) is 32.1 Å². The summed E-state index contributed by atoms with van der Waals surface area (Å²) in [6.45, 7) is 6.82. The Kier molecular flexibility index (Phi) is 5.63. The average molecular weight is 300 g/mol. The molecule has 0 aromatic rings. The first kappa shape index (κ1) is 16.7. The molecule has 21 heavy (non-hydrogen) atoms. The number of hydrogen-bond donors (Lipinski definition) is 0. The topological polar surface area (TPSA) is 54.0 Å². The largest absolute Gasteiger partial charge is 0.463 e. The second-order valence-corrected chi connectivity index (χ2v) is 6.57. The Morgan fingerprint density at radius 1 is 1.24 bits per heavy atom. The van der Waals surface area contributed by atoms with Crippen molar-refractivity contribution in [3.05, 3.63) is 0 Å². The van der Waals surface area contributed by atoms with Gasteiger partial charge in [0.1, 0.15) is 13.2 Å². The predicted molar refractivity (Wildman–Crippen MR) is 77.6 cm³/mol. The molecule has 0 radical (unpaired) electrons. The van der Waals surface area contributed by atoms with Crippen molar-refractivity contribution in [3.63, 3.8) is 0 Å². The third-order valence-electron chi connectivity index (χ3n) is 4.50. The van der Waals surface area contributed by atoms with E-state index in [1.54, 1.807) is 0 Å². The van der Waals surface area contributed by atoms with Crippen molar-refractivity contribution >= 4 is 5.97 Å². The van der Waals surface area contributed by atoms with Gasteiger partial charge in [-0.1, -0.05) is 13.3 Å². The molecule has 1 saturated carbocycles. The summed E-state index contributed by atoms with van der Waals surface area (Å²) in [5.41, 5.74) is -0.431. The molecule has 0 aromatic carbocycles. The Morgan fingerprint density at radius 2 is 1.95 bits per heavy atom. The molecule has 1 atom stereocenters. The van der Waals surface area contributed by atoms with Crippen LogP contribution in [0.5, 0.6) is 0 Å². The Morgan fingerprint density at radius 3 is 2.62 bits per heavy atom. The highest BCUT2D eigenvalue weighted by Gasteiger charge is 2.42. The lowest BCUT2D eigenvalue weighted by Gasteiger charge is -2.31. The zero-order chi connectivity index (χ0) is 15.3. The lowest BCUT2D eigenvalue weighted by Crippen LogP contribution is -2.34. The number of rotatable bonds is 6. The third kappa shape index (κ3) is 4.41. The van der Waals surface area contributed by atoms with Gasteiger partial charge in [-0.05, 0) is 33.1 Å². The maximum absolute atomic E-state index is 11.8. The van der Waals surface area contributed by atoms with Crippen LogP contribution in [0.4, 0.5) is 0 Å². The summed E-state index contributed by atoms with van der Waals surface area (Å²) in [6.07, 6.45) is 5.88. The smallest absolute Gasteiger partial charge is 0.311 e. The first-order valence-corrected chi connectivity index (χ1v) is 8.08. The summed E-state index contributed by atoms with van der Waals surface area (Å²) < 4.78 is 22.5. The van der Waals surface area contributed by atoms with Gasteiger partial charge in [0.25, 0.3) is 0 Å². The monoisotopic (exact) mass is 300 g/mol. The van der Waals surface area contributed by atoms with Gasteiger partial charge in [-0.3, -0.25) is 4.79 Å². The summed E-state index contributed by atoms with van der Waals surface area (Å²) in [6, 6.07) is 0. The molecule has 1 saturated heterocycles. The summed E-state index contributed by atoms with van der Waals surface area (Å²) >= 11 is 0. The van der Waals surface area contributed by atoms with Crippen LogP contribution in [0.1, 0.15) is 59.3 Å². The van der Waals surface area contributed by atoms with E-state index in [9.17, 15) is 4.79 Å². The van der Waals surface area contributed by atoms with Gasteiger partial charge in [0.15, 0.2) is 12.1 Å². The van der Waals surface area contributed by atoms with Crippen molar-refractivity contribution in [2.45, 2.75) is 71.4 Å². The van der Waals surface area contributed by atoms with Crippen LogP contribution in [-0.4, -0.2) is 37.9 Å². The Balaban J connectivity index is 1.63. The van der Waals surface area contributed by atoms with Crippen LogP contribution in [-0.2, 0) is 23.7 Å². The molecule has 2 aliphatic rings. The van der Waals surface area contributed by atoms with Crippen molar-refractivity contribution in [2.24, 2.45) is 5.41 Å². The molecule has 0 N–H and O–H groups in total. The zero-order valence-corrected chi connectivity index (χ0v) is 13.5. The fourth-order valence-corrected chi connectivity index (χ4v) is 2.62. The molecule has 0 bridgehead atoms. The van der Waals surface area contributed by atoms with E-state index < -0.39 is 11.2 Å². The fraction of sp³-hybridized carbons (Fsp3) is 0.938. The summed E-state index contributed by atoms with van der Waals surface area (Å²) in [7, 11) is 0. The van der Waals surface area contributed by atoms with Crippen LogP contribution in [0.15, 0.2) is 0 Å². The Bertz CT molecular complexity index is 347. The minimum absolute atomic E-state index is 0.180. The molecule has 1 heterocycles. The average Bonchev–Trinajstić information content (AvgIpc) is 2.86. The van der Waals surface area contributed by atoms with Crippen molar-refractivity contribution in [3.8, 4) is 0 Å². The lowest BCUT2D eigenvalue weighted by atomic mass is 9.91. The molecule has 5 heteroatoms. The molecule has 0 aromatic heterocycles. The molecule has 1 aliphatic carbocycles. The van der Waals surface area contributed by atoms with Gasteiger partial charge in [0.2, 0.25) is 0 Å². The lowest BCUT2D eigenvalue weighted by molar-refractivity contribution is -0.226. The van der Waals surface area contributed by atoms with Crippen molar-refractivity contribution in [2.75, 3.05) is 19.8 Å². The van der Waals surface area contributed by atoms with Crippen molar-refractivity contribution in [1.29, 1.82) is 0 Å². The predicted octanol–water partition coefficient (Wildman–Crippen LogP) is 3.02. The summed E-state index contributed by atoms with van der Waals surface area (Å²) in [5.74, 6) is -0.593. The molecule has 1 aliphatic heterocycles. The van der Waals surface area contributed by atoms with E-state index in [4.69, 9.17) is 18.9 Å². The second kappa shape index (κ2) is 7.07. The Hall–Kier alpha value is -0.650. The molecular weight excluding hydrogens is 272 g/mol. The molecule has 1 spiro atoms. The normalized spacial score (nSPS) is 25.2. The van der Waals surface area contributed by atoms with Crippen molar-refractivity contribution in [1.82, 2.24) is 0 Å². The second-order valence-electron chi connectivity index (χ2n) is 6.57. The van der Waals surface area contributed by atoms with Crippen LogP contribution in [0.3, 0.4) is 0 Å². The van der Waals surface area contributed by atoms with Crippen LogP contribution in [0, 0.1) is 5.41 Å². The molecular formula is C16H28O5. The van der Waals surface area contributed by atoms with Crippen LogP contribution in [0.25, 0.3) is 0 Å². The minimum atomic E-state index is -0.431. The van der Waals surface area contributed by atoms with E-state index in [1.165, 1.54) is 6.42 Å². The van der Waals surface area contributed by atoms with Crippen LogP contribution in [0.2, 0.25) is 0 Å². The Labute approximate surface area is 127 Å². The highest BCUT2D eigenvalue weighted by molar-refractivity contribution is 5.75. The number of carbonyl (C=O) groups is 1. The highest BCUT2D eigenvalue weighted by Crippen LogP contribution is 2.37. The standard InChI is InChI=1S/C16H28O5/c1-4-15(2,3)14(17)19-11-10-18-13-12-20-16(21-13)8-6-5-7-9-16/h13H,4-12H2,1-3H3. The SMILES string of the molecule is CCC(C)(C)C(=O)OCCOC1COC2(CCCCC2)O1. The number of carbonyl (C=O) groups excluding carboxylic acids is 1. The van der Waals surface area contributed by atoms with Gasteiger partial charge in [-0.25, -0.2) is 0 Å². The maximum Gasteiger partial charge on any atom is 0.311 e. The van der Waals surface area contributed by atoms with Gasteiger partial charge < -0.3 is 18.9 Å². The number of esters is 1. The molecule has 2 fully saturated rings. The summed E-state index contributed by atoms with van der Waals surface area (Å²) in [4.78, 5) is 11.8. The summed E-state index contributed by atoms with van der Waals surface area (Å²) in [5, 5.41) is 0. The van der Waals surface area contributed by atoms with Gasteiger partial charge in [-0.2, -0.15) is 0 Å². The maximum atomic E-state index is 11.8. The fourth-order valence-electron chi connectivity index (χ4n) is 2.62. The van der Waals surface area contributed by atoms with Crippen LogP contribution < -0.4 is 0 Å². The van der Waals surface area contributed by atoms with E-state index in [2.05, 4.69) is 0 Å². The highest BCUT2D eigenvalue weighted by atomic mass is 16.8. The third-order valence-corrected chi connectivity index (χ3v) is 4.50. The van der Waals surface area contributed by atoms with Gasteiger partial charge in [0.05, 0.1) is 12.0 Å². The number of hydrogen-bond acceptors (Lipinski definition) is 5. The van der Waals surface area contributed by atoms with Gasteiger partial charge in [-0.15, -0.1) is 0 Å². The van der Waals surface area contributed by atoms with Gasteiger partial charge in [0, 0.05) is 12.8 Å². The van der Waals surface area contributed by atoms with E-state index in [-0.39, 0.29) is 18.9 Å². The van der Waals surface area contributed by atoms with Gasteiger partial charge >= 0.3 is 5.97 Å². The van der Waals surface area contributed by atoms with E-state index >= 15 is 0 Å². The molecule has 1 unspecified atom stereocenters. The number of ether oxygens (including phenoxy) is 4. The van der Waals surface area contributed by atoms with E-state index in [1.807, 2.05) is 20.8 Å².